The molecule has 1 rings (SSSR count). The third-order valence-corrected chi connectivity index (χ3v) is 5.24. The van der Waals surface area contributed by atoms with Crippen LogP contribution >= 0.6 is 0 Å². The molecule has 0 aliphatic rings. The van der Waals surface area contributed by atoms with Crippen LogP contribution in [0.3, 0.4) is 0 Å². The summed E-state index contributed by atoms with van der Waals surface area (Å²) in [5.41, 5.74) is 3.11. The van der Waals surface area contributed by atoms with E-state index in [1.807, 2.05) is 25.1 Å². The molecule has 0 aliphatic heterocycles. The monoisotopic (exact) mass is 379 g/mol. The Morgan fingerprint density at radius 3 is 2.08 bits per heavy atom. The van der Waals surface area contributed by atoms with Gasteiger partial charge >= 0.3 is 0 Å². The maximum atomic E-state index is 10.7. The topological polar surface area (TPSA) is 121 Å². The fourth-order valence-corrected chi connectivity index (χ4v) is 3.56. The van der Waals surface area contributed by atoms with Crippen LogP contribution in [0.25, 0.3) is 0 Å². The van der Waals surface area contributed by atoms with Crippen LogP contribution in [-0.4, -0.2) is 44.0 Å². The van der Waals surface area contributed by atoms with Gasteiger partial charge in [-0.3, -0.25) is 9.11 Å². The molecule has 1 aromatic rings. The van der Waals surface area contributed by atoms with E-state index in [9.17, 15) is 16.8 Å². The van der Waals surface area contributed by atoms with Gasteiger partial charge in [0.05, 0.1) is 11.5 Å². The highest BCUT2D eigenvalue weighted by Crippen LogP contribution is 2.22. The van der Waals surface area contributed by atoms with Crippen LogP contribution in [0.4, 0.5) is 5.69 Å². The Balaban J connectivity index is 2.51. The van der Waals surface area contributed by atoms with Gasteiger partial charge < -0.3 is 5.32 Å². The molecular formula is C15H25NO6S2. The summed E-state index contributed by atoms with van der Waals surface area (Å²) < 4.78 is 60.2. The van der Waals surface area contributed by atoms with Gasteiger partial charge in [0.2, 0.25) is 0 Å². The molecule has 0 fully saturated rings. The number of hydrogen-bond donors (Lipinski definition) is 3. The maximum absolute atomic E-state index is 10.7. The lowest BCUT2D eigenvalue weighted by atomic mass is 10.0. The second-order valence-corrected chi connectivity index (χ2v) is 8.91. The molecule has 24 heavy (non-hydrogen) atoms. The quantitative estimate of drug-likeness (QED) is 0.398. The largest absolute Gasteiger partial charge is 0.385 e. The highest BCUT2D eigenvalue weighted by Gasteiger charge is 2.08. The van der Waals surface area contributed by atoms with E-state index in [0.717, 1.165) is 16.8 Å². The van der Waals surface area contributed by atoms with E-state index in [4.69, 9.17) is 9.11 Å². The molecule has 0 aliphatic carbocycles. The second kappa shape index (κ2) is 9.36. The Morgan fingerprint density at radius 1 is 0.917 bits per heavy atom. The van der Waals surface area contributed by atoms with E-state index >= 15 is 0 Å². The summed E-state index contributed by atoms with van der Waals surface area (Å²) in [6.07, 6.45) is 2.70. The Labute approximate surface area is 144 Å². The van der Waals surface area contributed by atoms with Crippen LogP contribution in [-0.2, 0) is 26.7 Å². The fraction of sp³-hybridized carbons (Fsp3) is 0.600. The molecule has 0 radical (unpaired) electrons. The van der Waals surface area contributed by atoms with Gasteiger partial charge in [-0.1, -0.05) is 12.1 Å². The number of hydrogen-bond acceptors (Lipinski definition) is 5. The summed E-state index contributed by atoms with van der Waals surface area (Å²) in [6.45, 7) is 2.55. The summed E-state index contributed by atoms with van der Waals surface area (Å²) in [6, 6.07) is 5.81. The molecule has 0 bridgehead atoms. The maximum Gasteiger partial charge on any atom is 0.264 e. The first-order chi connectivity index (χ1) is 11.1. The summed E-state index contributed by atoms with van der Waals surface area (Å²) in [5, 5.41) is 3.25. The van der Waals surface area contributed by atoms with Crippen molar-refractivity contribution >= 4 is 25.9 Å². The van der Waals surface area contributed by atoms with Crippen LogP contribution in [0.5, 0.6) is 0 Å². The van der Waals surface area contributed by atoms with Crippen molar-refractivity contribution in [3.63, 3.8) is 0 Å². The van der Waals surface area contributed by atoms with Gasteiger partial charge in [-0.2, -0.15) is 16.8 Å². The predicted molar refractivity (Wildman–Crippen MR) is 94.7 cm³/mol. The Kier molecular flexibility index (Phi) is 8.14. The molecule has 0 saturated carbocycles. The van der Waals surface area contributed by atoms with Gasteiger partial charge in [-0.15, -0.1) is 0 Å². The standard InChI is InChI=1S/C15H25NO6S2/c1-13-7-6-9-15(16-10-3-5-12-24(20,21)22)14(13)8-2-4-11-23(17,18)19/h6-7,9,16H,2-5,8,10-12H2,1H3,(H,17,18,19)(H,20,21,22). The van der Waals surface area contributed by atoms with Crippen molar-refractivity contribution in [2.24, 2.45) is 0 Å². The minimum atomic E-state index is -3.92. The fourth-order valence-electron chi connectivity index (χ4n) is 2.42. The molecule has 9 heteroatoms. The van der Waals surface area contributed by atoms with E-state index in [2.05, 4.69) is 5.32 Å². The summed E-state index contributed by atoms with van der Waals surface area (Å²) in [7, 11) is -7.82. The first-order valence-corrected chi connectivity index (χ1v) is 11.0. The van der Waals surface area contributed by atoms with E-state index in [0.29, 0.717) is 38.6 Å². The highest BCUT2D eigenvalue weighted by atomic mass is 32.2. The van der Waals surface area contributed by atoms with Crippen LogP contribution in [0.15, 0.2) is 18.2 Å². The van der Waals surface area contributed by atoms with Crippen LogP contribution < -0.4 is 5.32 Å². The van der Waals surface area contributed by atoms with E-state index in [-0.39, 0.29) is 11.5 Å². The molecule has 0 spiro atoms. The average Bonchev–Trinajstić information content (AvgIpc) is 2.43. The van der Waals surface area contributed by atoms with E-state index in [1.165, 1.54) is 0 Å². The third kappa shape index (κ3) is 9.21. The average molecular weight is 380 g/mol. The molecule has 1 aromatic carbocycles. The van der Waals surface area contributed by atoms with Crippen molar-refractivity contribution in [1.82, 2.24) is 0 Å². The highest BCUT2D eigenvalue weighted by molar-refractivity contribution is 7.86. The molecule has 0 amide bonds. The van der Waals surface area contributed by atoms with Gasteiger partial charge in [0.15, 0.2) is 0 Å². The Morgan fingerprint density at radius 2 is 1.50 bits per heavy atom. The van der Waals surface area contributed by atoms with Crippen molar-refractivity contribution < 1.29 is 25.9 Å². The smallest absolute Gasteiger partial charge is 0.264 e. The van der Waals surface area contributed by atoms with Crippen LogP contribution in [0, 0.1) is 6.92 Å². The first-order valence-electron chi connectivity index (χ1n) is 7.81. The number of anilines is 1. The zero-order valence-corrected chi connectivity index (χ0v) is 15.4. The first kappa shape index (κ1) is 20.9. The van der Waals surface area contributed by atoms with E-state index in [1.54, 1.807) is 0 Å². The Bertz CT molecular complexity index is 728. The SMILES string of the molecule is Cc1cccc(NCCCCS(=O)(=O)O)c1CCCCS(=O)(=O)O. The number of aryl methyl sites for hydroxylation is 1. The molecule has 0 unspecified atom stereocenters. The van der Waals surface area contributed by atoms with Crippen molar-refractivity contribution in [2.75, 3.05) is 23.4 Å². The number of rotatable bonds is 11. The van der Waals surface area contributed by atoms with Crippen molar-refractivity contribution in [2.45, 2.75) is 39.0 Å². The minimum absolute atomic E-state index is 0.239. The molecule has 7 nitrogen and oxygen atoms in total. The molecule has 138 valence electrons. The summed E-state index contributed by atoms with van der Waals surface area (Å²) >= 11 is 0. The zero-order chi connectivity index (χ0) is 18.2. The van der Waals surface area contributed by atoms with Gasteiger partial charge in [-0.25, -0.2) is 0 Å². The van der Waals surface area contributed by atoms with Gasteiger partial charge in [-0.05, 0) is 56.2 Å². The minimum Gasteiger partial charge on any atom is -0.385 e. The lowest BCUT2D eigenvalue weighted by molar-refractivity contribution is 0.478. The van der Waals surface area contributed by atoms with Crippen molar-refractivity contribution in [3.8, 4) is 0 Å². The van der Waals surface area contributed by atoms with Crippen LogP contribution in [0.2, 0.25) is 0 Å². The van der Waals surface area contributed by atoms with Crippen molar-refractivity contribution in [3.05, 3.63) is 29.3 Å². The summed E-state index contributed by atoms with van der Waals surface area (Å²) in [5.74, 6) is -0.484. The van der Waals surface area contributed by atoms with Gasteiger partial charge in [0.1, 0.15) is 0 Å². The van der Waals surface area contributed by atoms with Gasteiger partial charge in [0, 0.05) is 12.2 Å². The summed E-state index contributed by atoms with van der Waals surface area (Å²) in [4.78, 5) is 0. The van der Waals surface area contributed by atoms with E-state index < -0.39 is 20.2 Å². The Hall–Kier alpha value is -1.16. The van der Waals surface area contributed by atoms with Gasteiger partial charge in [0.25, 0.3) is 20.2 Å². The van der Waals surface area contributed by atoms with Crippen molar-refractivity contribution in [1.29, 1.82) is 0 Å². The van der Waals surface area contributed by atoms with Crippen LogP contribution in [0.1, 0.15) is 36.8 Å². The molecule has 0 saturated heterocycles. The molecule has 3 N–H and O–H groups in total. The number of unbranched alkanes of at least 4 members (excludes halogenated alkanes) is 2. The lowest BCUT2D eigenvalue weighted by Gasteiger charge is -2.14. The molecule has 0 heterocycles. The number of benzene rings is 1. The number of nitrogens with one attached hydrogen (secondary N) is 1. The normalized spacial score (nSPS) is 12.3. The predicted octanol–water partition coefficient (Wildman–Crippen LogP) is 2.29. The zero-order valence-electron chi connectivity index (χ0n) is 13.7. The second-order valence-electron chi connectivity index (χ2n) is 5.76. The lowest BCUT2D eigenvalue weighted by Crippen LogP contribution is -2.09. The third-order valence-electron chi connectivity index (χ3n) is 3.63. The molecular weight excluding hydrogens is 354 g/mol. The molecule has 0 atom stereocenters. The molecule has 0 aromatic heterocycles.